The summed E-state index contributed by atoms with van der Waals surface area (Å²) >= 11 is 3.39. The Balaban J connectivity index is 2.40. The number of methoxy groups -OCH3 is 1. The zero-order valence-corrected chi connectivity index (χ0v) is 10.9. The highest BCUT2D eigenvalue weighted by atomic mass is 79.9. The molecule has 1 heterocycles. The summed E-state index contributed by atoms with van der Waals surface area (Å²) in [6, 6.07) is 9.63. The molecule has 0 spiro atoms. The molecule has 2 aromatic rings. The normalized spacial score (nSPS) is 10.5. The van der Waals surface area contributed by atoms with Crippen LogP contribution >= 0.6 is 15.9 Å². The fourth-order valence-corrected chi connectivity index (χ4v) is 1.74. The minimum atomic E-state index is 0.356. The van der Waals surface area contributed by atoms with E-state index in [9.17, 15) is 0 Å². The highest BCUT2D eigenvalue weighted by Gasteiger charge is 2.04. The molecule has 0 amide bonds. The Bertz CT molecular complexity index is 514. The summed E-state index contributed by atoms with van der Waals surface area (Å²) in [5.74, 6) is 1.04. The van der Waals surface area contributed by atoms with E-state index in [1.165, 1.54) is 0 Å². The van der Waals surface area contributed by atoms with E-state index in [0.29, 0.717) is 18.2 Å². The molecule has 0 bridgehead atoms. The molecule has 0 aliphatic heterocycles. The second kappa shape index (κ2) is 5.25. The van der Waals surface area contributed by atoms with Crippen LogP contribution in [0.25, 0.3) is 11.3 Å². The molecule has 2 rings (SSSR count). The Hall–Kier alpha value is -1.46. The predicted molar refractivity (Wildman–Crippen MR) is 70.3 cm³/mol. The molecule has 0 unspecified atom stereocenters. The number of ether oxygens (including phenoxy) is 1. The van der Waals surface area contributed by atoms with Gasteiger partial charge in [0.2, 0.25) is 0 Å². The van der Waals surface area contributed by atoms with Crippen LogP contribution in [0.2, 0.25) is 0 Å². The van der Waals surface area contributed by atoms with E-state index in [1.54, 1.807) is 13.2 Å². The van der Waals surface area contributed by atoms with Crippen LogP contribution < -0.4 is 5.73 Å². The smallest absolute Gasteiger partial charge is 0.157 e. The van der Waals surface area contributed by atoms with E-state index in [1.807, 2.05) is 24.3 Å². The number of nitrogen functional groups attached to an aromatic ring is 1. The average molecular weight is 294 g/mol. The Labute approximate surface area is 108 Å². The zero-order chi connectivity index (χ0) is 12.3. The number of anilines is 1. The number of nitrogens with zero attached hydrogens (tertiary/aromatic N) is 2. The maximum absolute atomic E-state index is 5.74. The minimum absolute atomic E-state index is 0.356. The standard InChI is InChI=1S/C12H12BrN3O/c1-17-7-12-15-10(6-11(14)16-12)8-2-4-9(13)5-3-8/h2-6H,7H2,1H3,(H2,14,15,16). The fraction of sp³-hybridized carbons (Fsp3) is 0.167. The first-order chi connectivity index (χ1) is 8.19. The van der Waals surface area contributed by atoms with E-state index in [2.05, 4.69) is 25.9 Å². The van der Waals surface area contributed by atoms with E-state index in [4.69, 9.17) is 10.5 Å². The summed E-state index contributed by atoms with van der Waals surface area (Å²) in [7, 11) is 1.60. The van der Waals surface area contributed by atoms with Crippen molar-refractivity contribution in [1.29, 1.82) is 0 Å². The fourth-order valence-electron chi connectivity index (χ4n) is 1.48. The van der Waals surface area contributed by atoms with Gasteiger partial charge in [-0.1, -0.05) is 28.1 Å². The van der Waals surface area contributed by atoms with Gasteiger partial charge in [0, 0.05) is 23.2 Å². The minimum Gasteiger partial charge on any atom is -0.384 e. The van der Waals surface area contributed by atoms with Crippen molar-refractivity contribution in [3.8, 4) is 11.3 Å². The van der Waals surface area contributed by atoms with E-state index >= 15 is 0 Å². The van der Waals surface area contributed by atoms with Crippen LogP contribution in [0.4, 0.5) is 5.82 Å². The van der Waals surface area contributed by atoms with Crippen LogP contribution in [0.1, 0.15) is 5.82 Å². The third-order valence-electron chi connectivity index (χ3n) is 2.21. The highest BCUT2D eigenvalue weighted by molar-refractivity contribution is 9.10. The molecule has 0 aliphatic rings. The quantitative estimate of drug-likeness (QED) is 0.945. The van der Waals surface area contributed by atoms with Crippen molar-refractivity contribution in [2.75, 3.05) is 12.8 Å². The van der Waals surface area contributed by atoms with Crippen molar-refractivity contribution >= 4 is 21.7 Å². The van der Waals surface area contributed by atoms with Gasteiger partial charge in [0.15, 0.2) is 5.82 Å². The number of nitrogens with two attached hydrogens (primary N) is 1. The molecule has 0 saturated heterocycles. The highest BCUT2D eigenvalue weighted by Crippen LogP contribution is 2.21. The lowest BCUT2D eigenvalue weighted by atomic mass is 10.1. The number of benzene rings is 1. The topological polar surface area (TPSA) is 61.0 Å². The first-order valence-corrected chi connectivity index (χ1v) is 5.86. The molecule has 17 heavy (non-hydrogen) atoms. The summed E-state index contributed by atoms with van der Waals surface area (Å²) in [4.78, 5) is 8.49. The maximum atomic E-state index is 5.74. The average Bonchev–Trinajstić information content (AvgIpc) is 2.29. The van der Waals surface area contributed by atoms with Gasteiger partial charge in [-0.2, -0.15) is 0 Å². The molecule has 5 heteroatoms. The number of hydrogen-bond donors (Lipinski definition) is 1. The largest absolute Gasteiger partial charge is 0.384 e. The molecule has 0 fully saturated rings. The SMILES string of the molecule is COCc1nc(N)cc(-c2ccc(Br)cc2)n1. The van der Waals surface area contributed by atoms with Gasteiger partial charge < -0.3 is 10.5 Å². The summed E-state index contributed by atoms with van der Waals surface area (Å²) < 4.78 is 6.03. The second-order valence-corrected chi connectivity index (χ2v) is 4.45. The second-order valence-electron chi connectivity index (χ2n) is 3.53. The lowest BCUT2D eigenvalue weighted by Crippen LogP contribution is -2.02. The first kappa shape index (κ1) is 12.0. The van der Waals surface area contributed by atoms with Crippen LogP contribution in [0, 0.1) is 0 Å². The Morgan fingerprint density at radius 3 is 2.59 bits per heavy atom. The van der Waals surface area contributed by atoms with Crippen LogP contribution in [-0.2, 0) is 11.3 Å². The molecule has 0 radical (unpaired) electrons. The van der Waals surface area contributed by atoms with Gasteiger partial charge in [-0.3, -0.25) is 0 Å². The third kappa shape index (κ3) is 3.01. The van der Waals surface area contributed by atoms with Gasteiger partial charge in [-0.05, 0) is 12.1 Å². The van der Waals surface area contributed by atoms with E-state index in [-0.39, 0.29) is 0 Å². The van der Waals surface area contributed by atoms with Crippen molar-refractivity contribution in [2.24, 2.45) is 0 Å². The zero-order valence-electron chi connectivity index (χ0n) is 9.35. The van der Waals surface area contributed by atoms with Crippen LogP contribution in [0.15, 0.2) is 34.8 Å². The lowest BCUT2D eigenvalue weighted by Gasteiger charge is -2.05. The molecule has 4 nitrogen and oxygen atoms in total. The molecule has 0 atom stereocenters. The Morgan fingerprint density at radius 1 is 1.24 bits per heavy atom. The summed E-state index contributed by atoms with van der Waals surface area (Å²) in [6.45, 7) is 0.356. The summed E-state index contributed by atoms with van der Waals surface area (Å²) in [6.07, 6.45) is 0. The van der Waals surface area contributed by atoms with Crippen molar-refractivity contribution < 1.29 is 4.74 Å². The van der Waals surface area contributed by atoms with Crippen molar-refractivity contribution in [2.45, 2.75) is 6.61 Å². The van der Waals surface area contributed by atoms with Gasteiger partial charge in [0.25, 0.3) is 0 Å². The van der Waals surface area contributed by atoms with E-state index < -0.39 is 0 Å². The van der Waals surface area contributed by atoms with Gasteiger partial charge >= 0.3 is 0 Å². The van der Waals surface area contributed by atoms with Crippen molar-refractivity contribution in [3.05, 3.63) is 40.6 Å². The number of halogens is 1. The van der Waals surface area contributed by atoms with Crippen LogP contribution in [0.3, 0.4) is 0 Å². The van der Waals surface area contributed by atoms with Crippen LogP contribution in [0.5, 0.6) is 0 Å². The van der Waals surface area contributed by atoms with Gasteiger partial charge in [-0.25, -0.2) is 9.97 Å². The Kier molecular flexibility index (Phi) is 3.71. The third-order valence-corrected chi connectivity index (χ3v) is 2.73. The molecule has 0 aliphatic carbocycles. The summed E-state index contributed by atoms with van der Waals surface area (Å²) in [5, 5.41) is 0. The van der Waals surface area contributed by atoms with Crippen molar-refractivity contribution in [3.63, 3.8) is 0 Å². The van der Waals surface area contributed by atoms with Gasteiger partial charge in [0.05, 0.1) is 5.69 Å². The molecule has 1 aromatic carbocycles. The molecular formula is C12H12BrN3O. The molecule has 2 N–H and O–H groups in total. The van der Waals surface area contributed by atoms with Gasteiger partial charge in [-0.15, -0.1) is 0 Å². The van der Waals surface area contributed by atoms with Crippen molar-refractivity contribution in [1.82, 2.24) is 9.97 Å². The van der Waals surface area contributed by atoms with Gasteiger partial charge in [0.1, 0.15) is 12.4 Å². The number of rotatable bonds is 3. The lowest BCUT2D eigenvalue weighted by molar-refractivity contribution is 0.178. The number of aromatic nitrogens is 2. The van der Waals surface area contributed by atoms with Crippen LogP contribution in [-0.4, -0.2) is 17.1 Å². The predicted octanol–water partition coefficient (Wildman–Crippen LogP) is 2.63. The number of hydrogen-bond acceptors (Lipinski definition) is 4. The molecular weight excluding hydrogens is 282 g/mol. The summed E-state index contributed by atoms with van der Waals surface area (Å²) in [5.41, 5.74) is 7.54. The monoisotopic (exact) mass is 293 g/mol. The molecule has 88 valence electrons. The first-order valence-electron chi connectivity index (χ1n) is 5.07. The maximum Gasteiger partial charge on any atom is 0.157 e. The molecule has 1 aromatic heterocycles. The van der Waals surface area contributed by atoms with E-state index in [0.717, 1.165) is 15.7 Å². The molecule has 0 saturated carbocycles. The Morgan fingerprint density at radius 2 is 1.94 bits per heavy atom.